The van der Waals surface area contributed by atoms with E-state index in [0.29, 0.717) is 24.5 Å². The van der Waals surface area contributed by atoms with Gasteiger partial charge < -0.3 is 10.2 Å². The summed E-state index contributed by atoms with van der Waals surface area (Å²) in [6.07, 6.45) is 0.347. The van der Waals surface area contributed by atoms with Gasteiger partial charge in [0.25, 0.3) is 5.91 Å². The summed E-state index contributed by atoms with van der Waals surface area (Å²) in [6, 6.07) is 12.9. The van der Waals surface area contributed by atoms with Crippen molar-refractivity contribution in [2.75, 3.05) is 18.0 Å². The highest BCUT2D eigenvalue weighted by atomic mass is 35.5. The lowest BCUT2D eigenvalue weighted by Gasteiger charge is -2.17. The first-order valence-corrected chi connectivity index (χ1v) is 8.01. The molecule has 0 aliphatic carbocycles. The van der Waals surface area contributed by atoms with Crippen molar-refractivity contribution in [1.82, 2.24) is 5.32 Å². The van der Waals surface area contributed by atoms with Crippen LogP contribution in [-0.2, 0) is 4.79 Å². The predicted octanol–water partition coefficient (Wildman–Crippen LogP) is 3.26. The van der Waals surface area contributed by atoms with Crippen LogP contribution in [0.4, 0.5) is 10.1 Å². The van der Waals surface area contributed by atoms with E-state index >= 15 is 0 Å². The van der Waals surface area contributed by atoms with E-state index in [1.807, 2.05) is 0 Å². The molecule has 0 radical (unpaired) electrons. The Bertz CT molecular complexity index is 764. The number of amides is 2. The molecule has 6 heteroatoms. The van der Waals surface area contributed by atoms with Crippen molar-refractivity contribution in [3.8, 4) is 0 Å². The second kappa shape index (κ2) is 7.01. The van der Waals surface area contributed by atoms with Crippen LogP contribution in [-0.4, -0.2) is 24.9 Å². The first kappa shape index (κ1) is 16.5. The van der Waals surface area contributed by atoms with Crippen molar-refractivity contribution < 1.29 is 14.0 Å². The van der Waals surface area contributed by atoms with Gasteiger partial charge in [-0.1, -0.05) is 23.7 Å². The van der Waals surface area contributed by atoms with Gasteiger partial charge in [-0.15, -0.1) is 0 Å². The van der Waals surface area contributed by atoms with Crippen LogP contribution in [0.15, 0.2) is 48.5 Å². The van der Waals surface area contributed by atoms with Crippen LogP contribution in [0.3, 0.4) is 0 Å². The fraction of sp³-hybridized carbons (Fsp3) is 0.222. The number of rotatable bonds is 4. The minimum Gasteiger partial charge on any atom is -0.352 e. The maximum absolute atomic E-state index is 13.6. The molecule has 2 aromatic rings. The molecule has 2 amide bonds. The number of hydrogen-bond donors (Lipinski definition) is 1. The van der Waals surface area contributed by atoms with Gasteiger partial charge in [-0.25, -0.2) is 4.39 Å². The van der Waals surface area contributed by atoms with Crippen molar-refractivity contribution in [1.29, 1.82) is 0 Å². The first-order chi connectivity index (χ1) is 11.5. The van der Waals surface area contributed by atoms with Crippen molar-refractivity contribution in [3.05, 3.63) is 64.9 Å². The number of anilines is 1. The second-order valence-corrected chi connectivity index (χ2v) is 6.18. The monoisotopic (exact) mass is 346 g/mol. The molecule has 1 aliphatic heterocycles. The molecule has 2 aromatic carbocycles. The van der Waals surface area contributed by atoms with Crippen molar-refractivity contribution in [2.45, 2.75) is 6.42 Å². The molecule has 0 aromatic heterocycles. The van der Waals surface area contributed by atoms with E-state index in [1.165, 1.54) is 18.2 Å². The maximum Gasteiger partial charge on any atom is 0.254 e. The number of halogens is 2. The van der Waals surface area contributed by atoms with E-state index in [4.69, 9.17) is 11.6 Å². The van der Waals surface area contributed by atoms with E-state index in [9.17, 15) is 14.0 Å². The minimum absolute atomic E-state index is 0.00228. The summed E-state index contributed by atoms with van der Waals surface area (Å²) < 4.78 is 13.6. The normalized spacial score (nSPS) is 17.2. The average molecular weight is 347 g/mol. The lowest BCUT2D eigenvalue weighted by Crippen LogP contribution is -2.31. The van der Waals surface area contributed by atoms with Crippen LogP contribution in [0.25, 0.3) is 0 Å². The smallest absolute Gasteiger partial charge is 0.254 e. The fourth-order valence-electron chi connectivity index (χ4n) is 2.77. The maximum atomic E-state index is 13.6. The van der Waals surface area contributed by atoms with Gasteiger partial charge in [-0.3, -0.25) is 9.59 Å². The highest BCUT2D eigenvalue weighted by Gasteiger charge is 2.30. The summed E-state index contributed by atoms with van der Waals surface area (Å²) in [5, 5.41) is 3.31. The molecule has 1 heterocycles. The standard InChI is InChI=1S/C18H16ClFN2O2/c19-13-5-7-14(8-6-13)22-11-12(9-17(22)23)10-21-18(24)15-3-1-2-4-16(15)20/h1-8,12H,9-11H2,(H,21,24)/t12-/m1/s1. The Morgan fingerprint density at radius 1 is 1.21 bits per heavy atom. The van der Waals surface area contributed by atoms with Crippen LogP contribution in [0.1, 0.15) is 16.8 Å². The Morgan fingerprint density at radius 2 is 1.92 bits per heavy atom. The van der Waals surface area contributed by atoms with E-state index in [2.05, 4.69) is 5.32 Å². The van der Waals surface area contributed by atoms with Gasteiger partial charge in [0.2, 0.25) is 5.91 Å². The van der Waals surface area contributed by atoms with Crippen LogP contribution in [0, 0.1) is 11.7 Å². The molecule has 1 fully saturated rings. The number of carbonyl (C=O) groups is 2. The largest absolute Gasteiger partial charge is 0.352 e. The summed E-state index contributed by atoms with van der Waals surface area (Å²) in [7, 11) is 0. The van der Waals surface area contributed by atoms with Gasteiger partial charge in [-0.2, -0.15) is 0 Å². The zero-order valence-electron chi connectivity index (χ0n) is 12.8. The third kappa shape index (κ3) is 3.57. The van der Waals surface area contributed by atoms with E-state index in [-0.39, 0.29) is 17.4 Å². The molecule has 1 N–H and O–H groups in total. The molecule has 3 rings (SSSR count). The molecule has 0 bridgehead atoms. The molecular formula is C18H16ClFN2O2. The highest BCUT2D eigenvalue weighted by molar-refractivity contribution is 6.30. The first-order valence-electron chi connectivity index (χ1n) is 7.63. The highest BCUT2D eigenvalue weighted by Crippen LogP contribution is 2.26. The van der Waals surface area contributed by atoms with Gasteiger partial charge in [0.15, 0.2) is 0 Å². The van der Waals surface area contributed by atoms with Gasteiger partial charge in [-0.05, 0) is 36.4 Å². The van der Waals surface area contributed by atoms with Crippen LogP contribution >= 0.6 is 11.6 Å². The van der Waals surface area contributed by atoms with Gasteiger partial charge in [0, 0.05) is 36.1 Å². The minimum atomic E-state index is -0.555. The zero-order valence-corrected chi connectivity index (χ0v) is 13.6. The Kier molecular flexibility index (Phi) is 4.81. The molecule has 0 unspecified atom stereocenters. The third-order valence-corrected chi connectivity index (χ3v) is 4.27. The molecule has 124 valence electrons. The van der Waals surface area contributed by atoms with Gasteiger partial charge in [0.1, 0.15) is 5.82 Å². The summed E-state index contributed by atoms with van der Waals surface area (Å²) in [5.74, 6) is -1.03. The Labute approximate surface area is 144 Å². The summed E-state index contributed by atoms with van der Waals surface area (Å²) >= 11 is 5.86. The predicted molar refractivity (Wildman–Crippen MR) is 90.6 cm³/mol. The second-order valence-electron chi connectivity index (χ2n) is 5.74. The summed E-state index contributed by atoms with van der Waals surface area (Å²) in [6.45, 7) is 0.834. The lowest BCUT2D eigenvalue weighted by atomic mass is 10.1. The summed E-state index contributed by atoms with van der Waals surface area (Å²) in [5.41, 5.74) is 0.795. The molecular weight excluding hydrogens is 331 g/mol. The molecule has 1 aliphatic rings. The Morgan fingerprint density at radius 3 is 2.62 bits per heavy atom. The van der Waals surface area contributed by atoms with E-state index < -0.39 is 11.7 Å². The molecule has 4 nitrogen and oxygen atoms in total. The van der Waals surface area contributed by atoms with Crippen LogP contribution < -0.4 is 10.2 Å². The molecule has 1 atom stereocenters. The fourth-order valence-corrected chi connectivity index (χ4v) is 2.89. The molecule has 0 spiro atoms. The number of nitrogens with zero attached hydrogens (tertiary/aromatic N) is 1. The quantitative estimate of drug-likeness (QED) is 0.923. The Hall–Kier alpha value is -2.40. The average Bonchev–Trinajstić information content (AvgIpc) is 2.95. The Balaban J connectivity index is 1.59. The van der Waals surface area contributed by atoms with Crippen molar-refractivity contribution in [2.24, 2.45) is 5.92 Å². The number of nitrogens with one attached hydrogen (secondary N) is 1. The molecule has 1 saturated heterocycles. The lowest BCUT2D eigenvalue weighted by molar-refractivity contribution is -0.117. The van der Waals surface area contributed by atoms with Crippen LogP contribution in [0.2, 0.25) is 5.02 Å². The van der Waals surface area contributed by atoms with Crippen LogP contribution in [0.5, 0.6) is 0 Å². The number of benzene rings is 2. The summed E-state index contributed by atoms with van der Waals surface area (Å²) in [4.78, 5) is 25.9. The number of carbonyl (C=O) groups excluding carboxylic acids is 2. The number of hydrogen-bond acceptors (Lipinski definition) is 2. The third-order valence-electron chi connectivity index (χ3n) is 4.01. The van der Waals surface area contributed by atoms with E-state index in [0.717, 1.165) is 5.69 Å². The van der Waals surface area contributed by atoms with Crippen molar-refractivity contribution >= 4 is 29.1 Å². The zero-order chi connectivity index (χ0) is 17.1. The topological polar surface area (TPSA) is 49.4 Å². The van der Waals surface area contributed by atoms with Gasteiger partial charge >= 0.3 is 0 Å². The van der Waals surface area contributed by atoms with Crippen molar-refractivity contribution in [3.63, 3.8) is 0 Å². The SMILES string of the molecule is O=C(NC[C@H]1CC(=O)N(c2ccc(Cl)cc2)C1)c1ccccc1F. The van der Waals surface area contributed by atoms with Gasteiger partial charge in [0.05, 0.1) is 5.56 Å². The molecule has 0 saturated carbocycles. The molecule has 24 heavy (non-hydrogen) atoms. The van der Waals surface area contributed by atoms with E-state index in [1.54, 1.807) is 35.2 Å².